The second-order valence-electron chi connectivity index (χ2n) is 9.50. The molecule has 1 N–H and O–H groups in total. The van der Waals surface area contributed by atoms with Gasteiger partial charge >= 0.3 is 6.03 Å². The van der Waals surface area contributed by atoms with E-state index in [1.54, 1.807) is 0 Å². The number of aryl methyl sites for hydroxylation is 1. The third kappa shape index (κ3) is 2.79. The molecule has 2 bridgehead atoms. The molecule has 5 rings (SSSR count). The van der Waals surface area contributed by atoms with E-state index in [0.29, 0.717) is 6.54 Å². The molecule has 1 aromatic rings. The first-order valence-electron chi connectivity index (χ1n) is 11.0. The second-order valence-corrected chi connectivity index (χ2v) is 9.50. The highest BCUT2D eigenvalue weighted by atomic mass is 16.2. The average Bonchev–Trinajstić information content (AvgIpc) is 3.37. The van der Waals surface area contributed by atoms with Crippen LogP contribution in [-0.2, 0) is 5.41 Å². The van der Waals surface area contributed by atoms with Crippen LogP contribution >= 0.6 is 0 Å². The summed E-state index contributed by atoms with van der Waals surface area (Å²) in [7, 11) is 0. The zero-order valence-electron chi connectivity index (χ0n) is 16.8. The number of carbonyl (C=O) groups excluding carboxylic acids is 1. The molecular formula is C23H33N3O. The highest BCUT2D eigenvalue weighted by molar-refractivity contribution is 5.95. The quantitative estimate of drug-likeness (QED) is 0.855. The van der Waals surface area contributed by atoms with E-state index in [2.05, 4.69) is 35.3 Å². The summed E-state index contributed by atoms with van der Waals surface area (Å²) in [4.78, 5) is 17.5. The lowest BCUT2D eigenvalue weighted by Crippen LogP contribution is -2.51. The van der Waals surface area contributed by atoms with Gasteiger partial charge in [-0.15, -0.1) is 0 Å². The van der Waals surface area contributed by atoms with Gasteiger partial charge in [-0.3, -0.25) is 4.90 Å². The van der Waals surface area contributed by atoms with Gasteiger partial charge in [-0.05, 0) is 82.5 Å². The Morgan fingerprint density at radius 3 is 2.70 bits per heavy atom. The minimum Gasteiger partial charge on any atom is -0.338 e. The van der Waals surface area contributed by atoms with Crippen molar-refractivity contribution < 1.29 is 4.79 Å². The van der Waals surface area contributed by atoms with E-state index in [1.807, 2.05) is 11.8 Å². The molecule has 0 radical (unpaired) electrons. The van der Waals surface area contributed by atoms with E-state index < -0.39 is 0 Å². The van der Waals surface area contributed by atoms with Crippen molar-refractivity contribution in [1.82, 2.24) is 10.2 Å². The van der Waals surface area contributed by atoms with Crippen molar-refractivity contribution in [3.8, 4) is 0 Å². The Labute approximate surface area is 163 Å². The molecule has 4 heteroatoms. The first kappa shape index (κ1) is 17.5. The van der Waals surface area contributed by atoms with Crippen molar-refractivity contribution in [2.45, 2.75) is 63.8 Å². The molecule has 1 saturated heterocycles. The topological polar surface area (TPSA) is 35.6 Å². The Morgan fingerprint density at radius 2 is 2.04 bits per heavy atom. The number of nitrogens with zero attached hydrogens (tertiary/aromatic N) is 2. The number of likely N-dealkylation sites (tertiary alicyclic amines) is 1. The predicted octanol–water partition coefficient (Wildman–Crippen LogP) is 4.07. The maximum absolute atomic E-state index is 12.7. The number of benzene rings is 1. The second kappa shape index (κ2) is 6.51. The number of anilines is 1. The molecule has 2 heterocycles. The van der Waals surface area contributed by atoms with Crippen molar-refractivity contribution in [2.24, 2.45) is 11.8 Å². The van der Waals surface area contributed by atoms with Crippen LogP contribution in [0.1, 0.15) is 56.6 Å². The molecule has 2 saturated carbocycles. The standard InChI is InChI=1S/C23H33N3O/c1-3-24-22(27)26-15-23(19-12-16(2)4-7-20(19)26)8-10-25(11-9-23)21-14-17-5-6-18(21)13-17/h4,7,12,17-18,21H,3,5-6,8-11,13-15H2,1-2H3,(H,24,27). The van der Waals surface area contributed by atoms with Gasteiger partial charge < -0.3 is 10.2 Å². The smallest absolute Gasteiger partial charge is 0.321 e. The maximum Gasteiger partial charge on any atom is 0.321 e. The summed E-state index contributed by atoms with van der Waals surface area (Å²) in [5.74, 6) is 1.98. The van der Waals surface area contributed by atoms with Crippen LogP contribution in [-0.4, -0.2) is 43.2 Å². The number of amides is 2. The van der Waals surface area contributed by atoms with E-state index in [0.717, 1.165) is 30.1 Å². The van der Waals surface area contributed by atoms with Gasteiger partial charge in [-0.1, -0.05) is 24.1 Å². The van der Waals surface area contributed by atoms with E-state index in [-0.39, 0.29) is 11.4 Å². The van der Waals surface area contributed by atoms with Gasteiger partial charge in [-0.25, -0.2) is 4.79 Å². The first-order chi connectivity index (χ1) is 13.1. The molecular weight excluding hydrogens is 334 g/mol. The summed E-state index contributed by atoms with van der Waals surface area (Å²) >= 11 is 0. The molecule has 3 unspecified atom stereocenters. The van der Waals surface area contributed by atoms with E-state index >= 15 is 0 Å². The van der Waals surface area contributed by atoms with Crippen LogP contribution < -0.4 is 10.2 Å². The van der Waals surface area contributed by atoms with Crippen molar-refractivity contribution in [2.75, 3.05) is 31.1 Å². The zero-order valence-corrected chi connectivity index (χ0v) is 16.8. The van der Waals surface area contributed by atoms with E-state index in [1.165, 1.54) is 62.7 Å². The summed E-state index contributed by atoms with van der Waals surface area (Å²) in [5, 5.41) is 3.01. The fourth-order valence-corrected chi connectivity index (χ4v) is 6.58. The lowest BCUT2D eigenvalue weighted by atomic mass is 9.73. The Morgan fingerprint density at radius 1 is 1.22 bits per heavy atom. The van der Waals surface area contributed by atoms with Crippen LogP contribution in [0.5, 0.6) is 0 Å². The number of hydrogen-bond donors (Lipinski definition) is 1. The summed E-state index contributed by atoms with van der Waals surface area (Å²) in [6.45, 7) is 8.10. The maximum atomic E-state index is 12.7. The van der Waals surface area contributed by atoms with Gasteiger partial charge in [0.05, 0.1) is 0 Å². The van der Waals surface area contributed by atoms with Gasteiger partial charge in [-0.2, -0.15) is 0 Å². The molecule has 4 nitrogen and oxygen atoms in total. The van der Waals surface area contributed by atoms with Gasteiger partial charge in [0.2, 0.25) is 0 Å². The first-order valence-corrected chi connectivity index (χ1v) is 11.0. The third-order valence-electron chi connectivity index (χ3n) is 7.97. The third-order valence-corrected chi connectivity index (χ3v) is 7.97. The van der Waals surface area contributed by atoms with Crippen LogP contribution in [0.4, 0.5) is 10.5 Å². The highest BCUT2D eigenvalue weighted by Gasteiger charge is 2.49. The molecule has 1 aromatic carbocycles. The Kier molecular flexibility index (Phi) is 4.23. The van der Waals surface area contributed by atoms with Crippen LogP contribution in [0.3, 0.4) is 0 Å². The van der Waals surface area contributed by atoms with Crippen LogP contribution in [0.15, 0.2) is 18.2 Å². The van der Waals surface area contributed by atoms with Gasteiger partial charge in [0.15, 0.2) is 0 Å². The minimum atomic E-state index is 0.0648. The summed E-state index contributed by atoms with van der Waals surface area (Å²) < 4.78 is 0. The lowest BCUT2D eigenvalue weighted by molar-refractivity contribution is 0.0877. The summed E-state index contributed by atoms with van der Waals surface area (Å²) in [5.41, 5.74) is 4.02. The van der Waals surface area contributed by atoms with Gasteiger partial charge in [0.1, 0.15) is 0 Å². The number of urea groups is 1. The molecule has 1 spiro atoms. The Bertz CT molecular complexity index is 737. The lowest BCUT2D eigenvalue weighted by Gasteiger charge is -2.44. The molecule has 2 aliphatic carbocycles. The summed E-state index contributed by atoms with van der Waals surface area (Å²) in [6.07, 6.45) is 8.25. The average molecular weight is 368 g/mol. The van der Waals surface area contributed by atoms with Crippen LogP contribution in [0.2, 0.25) is 0 Å². The predicted molar refractivity (Wildman–Crippen MR) is 109 cm³/mol. The molecule has 146 valence electrons. The normalized spacial score (nSPS) is 31.5. The van der Waals surface area contributed by atoms with Crippen molar-refractivity contribution in [3.05, 3.63) is 29.3 Å². The molecule has 3 atom stereocenters. The molecule has 27 heavy (non-hydrogen) atoms. The van der Waals surface area contributed by atoms with Crippen molar-refractivity contribution >= 4 is 11.7 Å². The van der Waals surface area contributed by atoms with Crippen molar-refractivity contribution in [1.29, 1.82) is 0 Å². The summed E-state index contributed by atoms with van der Waals surface area (Å²) in [6, 6.07) is 7.57. The Hall–Kier alpha value is -1.55. The highest BCUT2D eigenvalue weighted by Crippen LogP contribution is 2.51. The van der Waals surface area contributed by atoms with E-state index in [9.17, 15) is 4.79 Å². The van der Waals surface area contributed by atoms with Crippen molar-refractivity contribution in [3.63, 3.8) is 0 Å². The fourth-order valence-electron chi connectivity index (χ4n) is 6.58. The number of rotatable bonds is 2. The number of hydrogen-bond acceptors (Lipinski definition) is 2. The molecule has 3 fully saturated rings. The fraction of sp³-hybridized carbons (Fsp3) is 0.696. The number of piperidine rings is 1. The molecule has 0 aromatic heterocycles. The number of nitrogens with one attached hydrogen (secondary N) is 1. The zero-order chi connectivity index (χ0) is 18.6. The van der Waals surface area contributed by atoms with Gasteiger partial charge in [0, 0.05) is 30.2 Å². The SMILES string of the molecule is CCNC(=O)N1CC2(CCN(C3CC4CCC3C4)CC2)c2cc(C)ccc21. The largest absolute Gasteiger partial charge is 0.338 e. The molecule has 2 aliphatic heterocycles. The molecule has 4 aliphatic rings. The number of fused-ring (bicyclic) bond motifs is 4. The Balaban J connectivity index is 1.37. The monoisotopic (exact) mass is 367 g/mol. The van der Waals surface area contributed by atoms with Crippen LogP contribution in [0, 0.1) is 18.8 Å². The van der Waals surface area contributed by atoms with Crippen LogP contribution in [0.25, 0.3) is 0 Å². The minimum absolute atomic E-state index is 0.0648. The van der Waals surface area contributed by atoms with Gasteiger partial charge in [0.25, 0.3) is 0 Å². The number of carbonyl (C=O) groups is 1. The molecule has 2 amide bonds. The van der Waals surface area contributed by atoms with E-state index in [4.69, 9.17) is 0 Å².